The lowest BCUT2D eigenvalue weighted by atomic mass is 10.2. The quantitative estimate of drug-likeness (QED) is 0.785. The van der Waals surface area contributed by atoms with Crippen LogP contribution in [0.2, 0.25) is 0 Å². The first-order valence-corrected chi connectivity index (χ1v) is 4.87. The highest BCUT2D eigenvalue weighted by Crippen LogP contribution is 2.06. The van der Waals surface area contributed by atoms with Crippen LogP contribution in [0.5, 0.6) is 0 Å². The summed E-state index contributed by atoms with van der Waals surface area (Å²) in [5.41, 5.74) is 1.26. The van der Waals surface area contributed by atoms with E-state index in [9.17, 15) is 0 Å². The van der Waals surface area contributed by atoms with E-state index in [0.717, 1.165) is 11.1 Å². The van der Waals surface area contributed by atoms with Crippen LogP contribution in [0.15, 0.2) is 47.2 Å². The third-order valence-corrected chi connectivity index (χ3v) is 2.22. The molecule has 66 valence electrons. The molecule has 1 aromatic heterocycles. The van der Waals surface area contributed by atoms with E-state index in [2.05, 4.69) is 33.2 Å². The van der Waals surface area contributed by atoms with Crippen molar-refractivity contribution in [1.29, 1.82) is 0 Å². The summed E-state index contributed by atoms with van der Waals surface area (Å²) in [7, 11) is 0. The summed E-state index contributed by atoms with van der Waals surface area (Å²) in [4.78, 5) is 0. The molecule has 2 rings (SSSR count). The second-order valence-electron chi connectivity index (χ2n) is 2.82. The predicted molar refractivity (Wildman–Crippen MR) is 55.5 cm³/mol. The van der Waals surface area contributed by atoms with Gasteiger partial charge in [0.15, 0.2) is 0 Å². The van der Waals surface area contributed by atoms with Gasteiger partial charge in [0.1, 0.15) is 4.60 Å². The Morgan fingerprint density at radius 1 is 1.15 bits per heavy atom. The monoisotopic (exact) mass is 236 g/mol. The van der Waals surface area contributed by atoms with Crippen LogP contribution in [0.3, 0.4) is 0 Å². The Morgan fingerprint density at radius 3 is 2.54 bits per heavy atom. The lowest BCUT2D eigenvalue weighted by Crippen LogP contribution is -1.99. The minimum absolute atomic E-state index is 0.826. The predicted octanol–water partition coefficient (Wildman–Crippen LogP) is 2.69. The lowest BCUT2D eigenvalue weighted by molar-refractivity contribution is 0.682. The molecular formula is C10H9BrN2. The third kappa shape index (κ3) is 2.18. The number of hydrogen-bond donors (Lipinski definition) is 0. The summed E-state index contributed by atoms with van der Waals surface area (Å²) in [6, 6.07) is 12.2. The lowest BCUT2D eigenvalue weighted by Gasteiger charge is -2.00. The Kier molecular flexibility index (Phi) is 2.45. The zero-order chi connectivity index (χ0) is 9.10. The van der Waals surface area contributed by atoms with E-state index in [4.69, 9.17) is 0 Å². The van der Waals surface area contributed by atoms with E-state index >= 15 is 0 Å². The first-order chi connectivity index (χ1) is 6.34. The fraction of sp³-hybridized carbons (Fsp3) is 0.100. The molecule has 0 N–H and O–H groups in total. The normalized spacial score (nSPS) is 10.2. The molecule has 0 atom stereocenters. The molecule has 0 aliphatic heterocycles. The first kappa shape index (κ1) is 8.51. The SMILES string of the molecule is Brc1ccn(Cc2ccccc2)n1. The maximum Gasteiger partial charge on any atom is 0.128 e. The van der Waals surface area contributed by atoms with Gasteiger partial charge in [0, 0.05) is 6.20 Å². The van der Waals surface area contributed by atoms with Crippen LogP contribution >= 0.6 is 15.9 Å². The molecule has 0 amide bonds. The summed E-state index contributed by atoms with van der Waals surface area (Å²) < 4.78 is 2.78. The van der Waals surface area contributed by atoms with Crippen molar-refractivity contribution in [2.45, 2.75) is 6.54 Å². The van der Waals surface area contributed by atoms with Crippen LogP contribution < -0.4 is 0 Å². The van der Waals surface area contributed by atoms with Gasteiger partial charge in [-0.25, -0.2) is 0 Å². The van der Waals surface area contributed by atoms with E-state index in [1.54, 1.807) is 0 Å². The van der Waals surface area contributed by atoms with E-state index in [1.165, 1.54) is 5.56 Å². The van der Waals surface area contributed by atoms with Gasteiger partial charge in [0.25, 0.3) is 0 Å². The van der Waals surface area contributed by atoms with E-state index < -0.39 is 0 Å². The number of aromatic nitrogens is 2. The van der Waals surface area contributed by atoms with Crippen molar-refractivity contribution in [3.63, 3.8) is 0 Å². The van der Waals surface area contributed by atoms with E-state index in [-0.39, 0.29) is 0 Å². The van der Waals surface area contributed by atoms with Gasteiger partial charge in [-0.2, -0.15) is 5.10 Å². The van der Waals surface area contributed by atoms with Crippen molar-refractivity contribution >= 4 is 15.9 Å². The molecule has 0 aliphatic rings. The molecule has 0 saturated heterocycles. The van der Waals surface area contributed by atoms with Crippen molar-refractivity contribution < 1.29 is 0 Å². The zero-order valence-electron chi connectivity index (χ0n) is 7.02. The molecule has 0 spiro atoms. The maximum atomic E-state index is 4.24. The van der Waals surface area contributed by atoms with Gasteiger partial charge in [-0.15, -0.1) is 0 Å². The van der Waals surface area contributed by atoms with Crippen molar-refractivity contribution in [3.05, 3.63) is 52.8 Å². The fourth-order valence-electron chi connectivity index (χ4n) is 1.20. The van der Waals surface area contributed by atoms with E-state index in [0.29, 0.717) is 0 Å². The third-order valence-electron chi connectivity index (χ3n) is 1.80. The Morgan fingerprint density at radius 2 is 1.92 bits per heavy atom. The second-order valence-corrected chi connectivity index (χ2v) is 3.63. The topological polar surface area (TPSA) is 17.8 Å². The van der Waals surface area contributed by atoms with Gasteiger partial charge in [-0.1, -0.05) is 30.3 Å². The smallest absolute Gasteiger partial charge is 0.128 e. The molecule has 0 saturated carbocycles. The van der Waals surface area contributed by atoms with Gasteiger partial charge in [0.2, 0.25) is 0 Å². The number of halogens is 1. The molecule has 1 aromatic carbocycles. The Labute approximate surface area is 85.3 Å². The molecule has 0 aliphatic carbocycles. The Hall–Kier alpha value is -1.09. The zero-order valence-corrected chi connectivity index (χ0v) is 8.61. The van der Waals surface area contributed by atoms with E-state index in [1.807, 2.05) is 35.1 Å². The Bertz CT molecular complexity index is 381. The molecule has 13 heavy (non-hydrogen) atoms. The summed E-state index contributed by atoms with van der Waals surface area (Å²) in [5.74, 6) is 0. The van der Waals surface area contributed by atoms with Crippen molar-refractivity contribution in [2.24, 2.45) is 0 Å². The summed E-state index contributed by atoms with van der Waals surface area (Å²) in [5, 5.41) is 4.24. The minimum atomic E-state index is 0.826. The molecule has 1 heterocycles. The van der Waals surface area contributed by atoms with Crippen molar-refractivity contribution in [1.82, 2.24) is 9.78 Å². The molecule has 3 heteroatoms. The van der Waals surface area contributed by atoms with Crippen LogP contribution in [0.4, 0.5) is 0 Å². The largest absolute Gasteiger partial charge is 0.267 e. The van der Waals surface area contributed by atoms with Gasteiger partial charge in [-0.3, -0.25) is 4.68 Å². The van der Waals surface area contributed by atoms with Crippen LogP contribution in [0.25, 0.3) is 0 Å². The number of rotatable bonds is 2. The second kappa shape index (κ2) is 3.75. The highest BCUT2D eigenvalue weighted by molar-refractivity contribution is 9.10. The van der Waals surface area contributed by atoms with Gasteiger partial charge >= 0.3 is 0 Å². The fourth-order valence-corrected chi connectivity index (χ4v) is 1.52. The van der Waals surface area contributed by atoms with Crippen molar-refractivity contribution in [3.8, 4) is 0 Å². The molecular weight excluding hydrogens is 228 g/mol. The van der Waals surface area contributed by atoms with Gasteiger partial charge in [-0.05, 0) is 27.6 Å². The highest BCUT2D eigenvalue weighted by atomic mass is 79.9. The standard InChI is InChI=1S/C10H9BrN2/c11-10-6-7-13(12-10)8-9-4-2-1-3-5-9/h1-7H,8H2. The summed E-state index contributed by atoms with van der Waals surface area (Å²) in [6.45, 7) is 0.826. The van der Waals surface area contributed by atoms with Gasteiger partial charge in [0.05, 0.1) is 6.54 Å². The molecule has 0 unspecified atom stereocenters. The van der Waals surface area contributed by atoms with Crippen LogP contribution in [0, 0.1) is 0 Å². The van der Waals surface area contributed by atoms with Crippen LogP contribution in [-0.4, -0.2) is 9.78 Å². The molecule has 0 radical (unpaired) electrons. The maximum absolute atomic E-state index is 4.24. The molecule has 2 aromatic rings. The Balaban J connectivity index is 2.15. The van der Waals surface area contributed by atoms with Gasteiger partial charge < -0.3 is 0 Å². The number of nitrogens with zero attached hydrogens (tertiary/aromatic N) is 2. The molecule has 0 bridgehead atoms. The summed E-state index contributed by atoms with van der Waals surface area (Å²) in [6.07, 6.45) is 1.96. The molecule has 0 fully saturated rings. The van der Waals surface area contributed by atoms with Crippen LogP contribution in [0.1, 0.15) is 5.56 Å². The number of hydrogen-bond acceptors (Lipinski definition) is 1. The summed E-state index contributed by atoms with van der Waals surface area (Å²) >= 11 is 3.31. The molecule has 2 nitrogen and oxygen atoms in total. The number of benzene rings is 1. The highest BCUT2D eigenvalue weighted by Gasteiger charge is 1.95. The van der Waals surface area contributed by atoms with Crippen molar-refractivity contribution in [2.75, 3.05) is 0 Å². The first-order valence-electron chi connectivity index (χ1n) is 4.07. The van der Waals surface area contributed by atoms with Crippen LogP contribution in [-0.2, 0) is 6.54 Å². The average molecular weight is 237 g/mol. The minimum Gasteiger partial charge on any atom is -0.267 e. The average Bonchev–Trinajstić information content (AvgIpc) is 2.53.